The predicted octanol–water partition coefficient (Wildman–Crippen LogP) is 0.123. The van der Waals surface area contributed by atoms with E-state index in [0.29, 0.717) is 0 Å². The maximum Gasteiger partial charge on any atom is 0.339 e. The zero-order chi connectivity index (χ0) is 13.6. The Morgan fingerprint density at radius 2 is 2.11 bits per heavy atom. The SMILES string of the molecule is CON=CCOC(=O)c1ccccc1S(N)(=O)=O. The minimum Gasteiger partial charge on any atom is -0.456 e. The van der Waals surface area contributed by atoms with Crippen LogP contribution in [0.25, 0.3) is 0 Å². The van der Waals surface area contributed by atoms with Crippen LogP contribution in [0, 0.1) is 0 Å². The lowest BCUT2D eigenvalue weighted by molar-refractivity contribution is 0.0559. The highest BCUT2D eigenvalue weighted by Gasteiger charge is 2.19. The van der Waals surface area contributed by atoms with Crippen molar-refractivity contribution >= 4 is 22.2 Å². The molecule has 0 saturated heterocycles. The molecule has 0 atom stereocenters. The predicted molar refractivity (Wildman–Crippen MR) is 63.6 cm³/mol. The van der Waals surface area contributed by atoms with Crippen molar-refractivity contribution < 1.29 is 22.8 Å². The van der Waals surface area contributed by atoms with Crippen molar-refractivity contribution in [1.29, 1.82) is 0 Å². The molecule has 0 saturated carbocycles. The lowest BCUT2D eigenvalue weighted by atomic mass is 10.2. The van der Waals surface area contributed by atoms with Gasteiger partial charge in [-0.1, -0.05) is 17.3 Å². The minimum atomic E-state index is -3.97. The number of carbonyl (C=O) groups is 1. The maximum atomic E-state index is 11.6. The second-order valence-electron chi connectivity index (χ2n) is 3.11. The number of sulfonamides is 1. The van der Waals surface area contributed by atoms with Crippen LogP contribution in [0.2, 0.25) is 0 Å². The molecule has 18 heavy (non-hydrogen) atoms. The third-order valence-electron chi connectivity index (χ3n) is 1.88. The standard InChI is InChI=1S/C10H12N2O5S/c1-16-12-6-7-17-10(13)8-4-2-3-5-9(8)18(11,14)15/h2-6H,7H2,1H3,(H2,11,14,15). The summed E-state index contributed by atoms with van der Waals surface area (Å²) in [7, 11) is -2.63. The molecule has 8 heteroatoms. The summed E-state index contributed by atoms with van der Waals surface area (Å²) in [5, 5.41) is 8.35. The van der Waals surface area contributed by atoms with Gasteiger partial charge in [0.15, 0.2) is 0 Å². The highest BCUT2D eigenvalue weighted by atomic mass is 32.2. The molecule has 7 nitrogen and oxygen atoms in total. The largest absolute Gasteiger partial charge is 0.456 e. The Morgan fingerprint density at radius 3 is 2.72 bits per heavy atom. The minimum absolute atomic E-state index is 0.120. The van der Waals surface area contributed by atoms with E-state index < -0.39 is 16.0 Å². The van der Waals surface area contributed by atoms with Gasteiger partial charge in [-0.05, 0) is 12.1 Å². The number of rotatable bonds is 5. The van der Waals surface area contributed by atoms with Crippen molar-refractivity contribution in [2.24, 2.45) is 10.3 Å². The van der Waals surface area contributed by atoms with Gasteiger partial charge in [-0.3, -0.25) is 0 Å². The van der Waals surface area contributed by atoms with E-state index in [1.54, 1.807) is 0 Å². The number of nitrogens with two attached hydrogens (primary N) is 1. The number of nitrogens with zero attached hydrogens (tertiary/aromatic N) is 1. The Morgan fingerprint density at radius 1 is 1.44 bits per heavy atom. The third-order valence-corrected chi connectivity index (χ3v) is 2.85. The Balaban J connectivity index is 2.90. The molecule has 0 radical (unpaired) electrons. The first-order chi connectivity index (χ1) is 8.46. The van der Waals surface area contributed by atoms with E-state index in [1.807, 2.05) is 0 Å². The molecule has 1 aromatic carbocycles. The Bertz CT molecular complexity index is 553. The highest BCUT2D eigenvalue weighted by Crippen LogP contribution is 2.14. The Labute approximate surface area is 104 Å². The fourth-order valence-electron chi connectivity index (χ4n) is 1.18. The molecule has 0 spiro atoms. The van der Waals surface area contributed by atoms with Crippen molar-refractivity contribution in [3.63, 3.8) is 0 Å². The number of hydrogen-bond donors (Lipinski definition) is 1. The van der Waals surface area contributed by atoms with Crippen LogP contribution in [0.15, 0.2) is 34.3 Å². The number of carbonyl (C=O) groups excluding carboxylic acids is 1. The van der Waals surface area contributed by atoms with Gasteiger partial charge in [0, 0.05) is 0 Å². The van der Waals surface area contributed by atoms with E-state index in [1.165, 1.54) is 37.6 Å². The van der Waals surface area contributed by atoms with Gasteiger partial charge in [-0.2, -0.15) is 0 Å². The molecule has 0 bridgehead atoms. The topological polar surface area (TPSA) is 108 Å². The monoisotopic (exact) mass is 272 g/mol. The Hall–Kier alpha value is -1.93. The van der Waals surface area contributed by atoms with Gasteiger partial charge >= 0.3 is 5.97 Å². The summed E-state index contributed by atoms with van der Waals surface area (Å²) in [5.74, 6) is -0.804. The number of ether oxygens (including phenoxy) is 1. The van der Waals surface area contributed by atoms with Crippen molar-refractivity contribution in [3.05, 3.63) is 29.8 Å². The summed E-state index contributed by atoms with van der Waals surface area (Å²) in [6, 6.07) is 5.52. The lowest BCUT2D eigenvalue weighted by Crippen LogP contribution is -2.18. The van der Waals surface area contributed by atoms with Gasteiger partial charge in [0.05, 0.1) is 16.7 Å². The van der Waals surface area contributed by atoms with Crippen LogP contribution in [0.5, 0.6) is 0 Å². The number of primary sulfonamides is 1. The van der Waals surface area contributed by atoms with E-state index in [4.69, 9.17) is 9.88 Å². The second-order valence-corrected chi connectivity index (χ2v) is 4.64. The molecule has 0 heterocycles. The van der Waals surface area contributed by atoms with Crippen LogP contribution in [-0.2, 0) is 19.6 Å². The molecule has 1 aromatic rings. The zero-order valence-corrected chi connectivity index (χ0v) is 10.4. The van der Waals surface area contributed by atoms with Gasteiger partial charge < -0.3 is 9.57 Å². The summed E-state index contributed by atoms with van der Waals surface area (Å²) >= 11 is 0. The first kappa shape index (κ1) is 14.1. The molecule has 0 aliphatic heterocycles. The van der Waals surface area contributed by atoms with Gasteiger partial charge in [0.2, 0.25) is 10.0 Å². The zero-order valence-electron chi connectivity index (χ0n) is 9.57. The van der Waals surface area contributed by atoms with Crippen molar-refractivity contribution in [3.8, 4) is 0 Å². The van der Waals surface area contributed by atoms with Crippen LogP contribution in [-0.4, -0.2) is 34.3 Å². The van der Waals surface area contributed by atoms with E-state index in [0.717, 1.165) is 0 Å². The van der Waals surface area contributed by atoms with E-state index in [9.17, 15) is 13.2 Å². The molecule has 0 aromatic heterocycles. The highest BCUT2D eigenvalue weighted by molar-refractivity contribution is 7.89. The molecule has 98 valence electrons. The van der Waals surface area contributed by atoms with Crippen LogP contribution in [0.3, 0.4) is 0 Å². The quantitative estimate of drug-likeness (QED) is 0.465. The van der Waals surface area contributed by atoms with Crippen molar-refractivity contribution in [2.45, 2.75) is 4.90 Å². The van der Waals surface area contributed by atoms with Gasteiger partial charge in [0.25, 0.3) is 0 Å². The number of esters is 1. The van der Waals surface area contributed by atoms with E-state index >= 15 is 0 Å². The number of oxime groups is 1. The maximum absolute atomic E-state index is 11.6. The van der Waals surface area contributed by atoms with Crippen molar-refractivity contribution in [2.75, 3.05) is 13.7 Å². The Kier molecular flexibility index (Phi) is 4.81. The number of hydrogen-bond acceptors (Lipinski definition) is 6. The van der Waals surface area contributed by atoms with Crippen LogP contribution in [0.1, 0.15) is 10.4 Å². The molecule has 1 rings (SSSR count). The van der Waals surface area contributed by atoms with E-state index in [2.05, 4.69) is 9.99 Å². The van der Waals surface area contributed by atoms with Gasteiger partial charge in [-0.25, -0.2) is 18.4 Å². The van der Waals surface area contributed by atoms with Crippen LogP contribution in [0.4, 0.5) is 0 Å². The molecule has 0 unspecified atom stereocenters. The smallest absolute Gasteiger partial charge is 0.339 e. The molecule has 0 fully saturated rings. The molecule has 0 aliphatic rings. The third kappa shape index (κ3) is 3.82. The molecular formula is C10H12N2O5S. The normalized spacial score (nSPS) is 11.4. The fraction of sp³-hybridized carbons (Fsp3) is 0.200. The first-order valence-corrected chi connectivity index (χ1v) is 6.35. The number of benzene rings is 1. The molecule has 2 N–H and O–H groups in total. The second kappa shape index (κ2) is 6.12. The summed E-state index contributed by atoms with van der Waals surface area (Å²) < 4.78 is 27.3. The first-order valence-electron chi connectivity index (χ1n) is 4.80. The summed E-state index contributed by atoms with van der Waals surface area (Å²) in [4.78, 5) is 15.7. The molecule has 0 amide bonds. The molecule has 0 aliphatic carbocycles. The molecular weight excluding hydrogens is 260 g/mol. The van der Waals surface area contributed by atoms with Gasteiger partial charge in [0.1, 0.15) is 13.7 Å². The summed E-state index contributed by atoms with van der Waals surface area (Å²) in [6.07, 6.45) is 1.22. The van der Waals surface area contributed by atoms with Crippen LogP contribution < -0.4 is 5.14 Å². The van der Waals surface area contributed by atoms with E-state index in [-0.39, 0.29) is 17.1 Å². The van der Waals surface area contributed by atoms with Gasteiger partial charge in [-0.15, -0.1) is 0 Å². The van der Waals surface area contributed by atoms with Crippen molar-refractivity contribution in [1.82, 2.24) is 0 Å². The average molecular weight is 272 g/mol. The lowest BCUT2D eigenvalue weighted by Gasteiger charge is -2.06. The fourth-order valence-corrected chi connectivity index (χ4v) is 1.91. The summed E-state index contributed by atoms with van der Waals surface area (Å²) in [5.41, 5.74) is -0.120. The summed E-state index contributed by atoms with van der Waals surface area (Å²) in [6.45, 7) is -0.133. The average Bonchev–Trinajstić information content (AvgIpc) is 2.33. The van der Waals surface area contributed by atoms with Crippen LogP contribution >= 0.6 is 0 Å².